The van der Waals surface area contributed by atoms with Crippen molar-refractivity contribution >= 4 is 11.6 Å². The van der Waals surface area contributed by atoms with Crippen LogP contribution >= 0.6 is 0 Å². The van der Waals surface area contributed by atoms with E-state index in [1.54, 1.807) is 6.92 Å². The monoisotopic (exact) mass is 311 g/mol. The molecule has 0 bridgehead atoms. The summed E-state index contributed by atoms with van der Waals surface area (Å²) in [5.41, 5.74) is 0. The highest BCUT2D eigenvalue weighted by Crippen LogP contribution is 2.26. The molecule has 1 N–H and O–H groups in total. The Balaban J connectivity index is 3.11. The number of hydrogen-bond acceptors (Lipinski definition) is 3. The fourth-order valence-electron chi connectivity index (χ4n) is 1.79. The van der Waals surface area contributed by atoms with Crippen LogP contribution in [0.3, 0.4) is 0 Å². The molecule has 0 amide bonds. The summed E-state index contributed by atoms with van der Waals surface area (Å²) < 4.78 is 64.9. The van der Waals surface area contributed by atoms with Crippen LogP contribution in [0.5, 0.6) is 0 Å². The van der Waals surface area contributed by atoms with E-state index >= 15 is 0 Å². The molecular formula is C13H18F5N3. The van der Waals surface area contributed by atoms with Crippen LogP contribution in [0.1, 0.15) is 26.7 Å². The zero-order valence-electron chi connectivity index (χ0n) is 11.9. The highest BCUT2D eigenvalue weighted by Gasteiger charge is 2.32. The van der Waals surface area contributed by atoms with E-state index in [9.17, 15) is 22.0 Å². The molecule has 1 aromatic heterocycles. The number of alkyl halides is 3. The summed E-state index contributed by atoms with van der Waals surface area (Å²) >= 11 is 0. The van der Waals surface area contributed by atoms with Gasteiger partial charge in [-0.05, 0) is 12.8 Å². The quantitative estimate of drug-likeness (QED) is 0.773. The van der Waals surface area contributed by atoms with E-state index in [4.69, 9.17) is 0 Å². The molecule has 0 aromatic carbocycles. The van der Waals surface area contributed by atoms with Crippen molar-refractivity contribution in [3.63, 3.8) is 0 Å². The minimum atomic E-state index is -4.49. The average molecular weight is 311 g/mol. The van der Waals surface area contributed by atoms with Crippen molar-refractivity contribution in [1.29, 1.82) is 0 Å². The lowest BCUT2D eigenvalue weighted by Crippen LogP contribution is -2.36. The van der Waals surface area contributed by atoms with Crippen LogP contribution in [0.15, 0.2) is 6.07 Å². The van der Waals surface area contributed by atoms with Crippen LogP contribution in [0, 0.1) is 11.6 Å². The van der Waals surface area contributed by atoms with Crippen molar-refractivity contribution in [1.82, 2.24) is 4.98 Å². The molecule has 0 fully saturated rings. The maximum Gasteiger partial charge on any atom is 0.405 e. The third-order valence-electron chi connectivity index (χ3n) is 2.62. The average Bonchev–Trinajstić information content (AvgIpc) is 2.36. The predicted octanol–water partition coefficient (Wildman–Crippen LogP) is 3.96. The summed E-state index contributed by atoms with van der Waals surface area (Å²) in [6, 6.07) is 0.555. The van der Waals surface area contributed by atoms with Crippen LogP contribution in [-0.4, -0.2) is 30.8 Å². The zero-order chi connectivity index (χ0) is 16.0. The summed E-state index contributed by atoms with van der Waals surface area (Å²) in [6.07, 6.45) is -3.43. The first-order chi connectivity index (χ1) is 9.78. The molecule has 0 aliphatic rings. The van der Waals surface area contributed by atoms with Crippen LogP contribution in [0.2, 0.25) is 0 Å². The van der Waals surface area contributed by atoms with Crippen LogP contribution in [-0.2, 0) is 0 Å². The number of aromatic nitrogens is 1. The van der Waals surface area contributed by atoms with Gasteiger partial charge in [0, 0.05) is 19.2 Å². The minimum absolute atomic E-state index is 0.0255. The van der Waals surface area contributed by atoms with Gasteiger partial charge in [-0.2, -0.15) is 13.2 Å². The van der Waals surface area contributed by atoms with Crippen molar-refractivity contribution in [3.05, 3.63) is 17.7 Å². The van der Waals surface area contributed by atoms with Crippen molar-refractivity contribution in [2.75, 3.05) is 29.9 Å². The second-order valence-corrected chi connectivity index (χ2v) is 4.59. The maximum absolute atomic E-state index is 13.8. The molecule has 0 saturated heterocycles. The third-order valence-corrected chi connectivity index (χ3v) is 2.62. The molecule has 8 heteroatoms. The Morgan fingerprint density at radius 3 is 2.33 bits per heavy atom. The van der Waals surface area contributed by atoms with Gasteiger partial charge in [-0.15, -0.1) is 0 Å². The predicted molar refractivity (Wildman–Crippen MR) is 71.5 cm³/mol. The molecule has 0 aliphatic carbocycles. The number of nitrogens with zero attached hydrogens (tertiary/aromatic N) is 2. The molecule has 0 spiro atoms. The van der Waals surface area contributed by atoms with Gasteiger partial charge in [0.25, 0.3) is 0 Å². The van der Waals surface area contributed by atoms with E-state index < -0.39 is 30.2 Å². The minimum Gasteiger partial charge on any atom is -0.368 e. The van der Waals surface area contributed by atoms with Crippen LogP contribution in [0.25, 0.3) is 0 Å². The Kier molecular flexibility index (Phi) is 6.17. The van der Waals surface area contributed by atoms with Gasteiger partial charge in [-0.1, -0.05) is 13.8 Å². The van der Waals surface area contributed by atoms with Gasteiger partial charge in [0.05, 0.1) is 0 Å². The Labute approximate surface area is 120 Å². The Hall–Kier alpha value is -1.60. The fourth-order valence-corrected chi connectivity index (χ4v) is 1.79. The van der Waals surface area contributed by atoms with E-state index in [-0.39, 0.29) is 12.4 Å². The summed E-state index contributed by atoms with van der Waals surface area (Å²) in [5, 5.41) is 2.63. The molecule has 1 rings (SSSR count). The van der Waals surface area contributed by atoms with Crippen molar-refractivity contribution in [2.24, 2.45) is 0 Å². The molecule has 1 heterocycles. The summed E-state index contributed by atoms with van der Waals surface area (Å²) in [5.74, 6) is -2.76. The van der Waals surface area contributed by atoms with Crippen molar-refractivity contribution < 1.29 is 22.0 Å². The summed E-state index contributed by atoms with van der Waals surface area (Å²) in [6.45, 7) is 2.54. The van der Waals surface area contributed by atoms with E-state index in [0.717, 1.165) is 4.90 Å². The molecule has 21 heavy (non-hydrogen) atoms. The van der Waals surface area contributed by atoms with E-state index in [0.29, 0.717) is 25.5 Å². The van der Waals surface area contributed by atoms with Gasteiger partial charge in [-0.25, -0.2) is 13.8 Å². The molecule has 1 aromatic rings. The SMILES string of the molecule is CCCNc1nc(N(CCC)CC(F)(F)F)c(F)cc1F. The van der Waals surface area contributed by atoms with Crippen molar-refractivity contribution in [3.8, 4) is 0 Å². The topological polar surface area (TPSA) is 28.2 Å². The second kappa shape index (κ2) is 7.42. The maximum atomic E-state index is 13.8. The van der Waals surface area contributed by atoms with E-state index in [1.165, 1.54) is 0 Å². The van der Waals surface area contributed by atoms with Gasteiger partial charge in [0.1, 0.15) is 6.54 Å². The molecule has 0 saturated carbocycles. The molecule has 3 nitrogen and oxygen atoms in total. The first-order valence-electron chi connectivity index (χ1n) is 6.70. The number of pyridine rings is 1. The number of hydrogen-bond donors (Lipinski definition) is 1. The summed E-state index contributed by atoms with van der Waals surface area (Å²) in [4.78, 5) is 4.45. The van der Waals surface area contributed by atoms with E-state index in [2.05, 4.69) is 10.3 Å². The van der Waals surface area contributed by atoms with E-state index in [1.807, 2.05) is 6.92 Å². The summed E-state index contributed by atoms with van der Waals surface area (Å²) in [7, 11) is 0. The number of halogens is 5. The Bertz CT molecular complexity index is 462. The van der Waals surface area contributed by atoms with Crippen LogP contribution < -0.4 is 10.2 Å². The molecule has 120 valence electrons. The molecule has 0 radical (unpaired) electrons. The fraction of sp³-hybridized carbons (Fsp3) is 0.615. The smallest absolute Gasteiger partial charge is 0.368 e. The lowest BCUT2D eigenvalue weighted by molar-refractivity contribution is -0.119. The van der Waals surface area contributed by atoms with Crippen LogP contribution in [0.4, 0.5) is 33.6 Å². The normalized spacial score (nSPS) is 11.6. The first-order valence-corrected chi connectivity index (χ1v) is 6.70. The first kappa shape index (κ1) is 17.5. The zero-order valence-corrected chi connectivity index (χ0v) is 11.9. The van der Waals surface area contributed by atoms with Gasteiger partial charge < -0.3 is 10.2 Å². The highest BCUT2D eigenvalue weighted by molar-refractivity contribution is 5.49. The Morgan fingerprint density at radius 2 is 1.81 bits per heavy atom. The standard InChI is InChI=1S/C13H18F5N3/c1-3-5-19-11-9(14)7-10(15)12(20-11)21(6-4-2)8-13(16,17)18/h7H,3-6,8H2,1-2H3,(H,19,20). The largest absolute Gasteiger partial charge is 0.405 e. The number of rotatable bonds is 7. The number of anilines is 2. The molecular weight excluding hydrogens is 293 g/mol. The van der Waals surface area contributed by atoms with Gasteiger partial charge in [0.2, 0.25) is 0 Å². The molecule has 0 atom stereocenters. The lowest BCUT2D eigenvalue weighted by atomic mass is 10.3. The van der Waals surface area contributed by atoms with Gasteiger partial charge in [-0.3, -0.25) is 0 Å². The molecule has 0 aliphatic heterocycles. The lowest BCUT2D eigenvalue weighted by Gasteiger charge is -2.25. The van der Waals surface area contributed by atoms with Gasteiger partial charge in [0.15, 0.2) is 23.3 Å². The highest BCUT2D eigenvalue weighted by atomic mass is 19.4. The molecule has 0 unspecified atom stereocenters. The third kappa shape index (κ3) is 5.35. The van der Waals surface area contributed by atoms with Crippen molar-refractivity contribution in [2.45, 2.75) is 32.9 Å². The van der Waals surface area contributed by atoms with Gasteiger partial charge >= 0.3 is 6.18 Å². The number of nitrogens with one attached hydrogen (secondary N) is 1. The second-order valence-electron chi connectivity index (χ2n) is 4.59. The Morgan fingerprint density at radius 1 is 1.14 bits per heavy atom.